The summed E-state index contributed by atoms with van der Waals surface area (Å²) < 4.78 is 17.5. The molecule has 0 amide bonds. The molecule has 3 rings (SSSR count). The van der Waals surface area contributed by atoms with E-state index >= 15 is 0 Å². The van der Waals surface area contributed by atoms with Crippen molar-refractivity contribution in [2.45, 2.75) is 88.9 Å². The smallest absolute Gasteiger partial charge is 0.314 e. The minimum Gasteiger partial charge on any atom is -0.457 e. The molecule has 2 aliphatic heterocycles. The highest BCUT2D eigenvalue weighted by molar-refractivity contribution is 5.73. The summed E-state index contributed by atoms with van der Waals surface area (Å²) in [6, 6.07) is 9.34. The summed E-state index contributed by atoms with van der Waals surface area (Å²) in [5.74, 6) is -4.74. The molecule has 1 aromatic rings. The topological polar surface area (TPSA) is 126 Å². The number of carbonyl (C=O) groups excluding carboxylic acids is 1. The van der Waals surface area contributed by atoms with Gasteiger partial charge < -0.3 is 34.6 Å². The van der Waals surface area contributed by atoms with Crippen molar-refractivity contribution in [3.63, 3.8) is 0 Å². The Hall–Kier alpha value is -1.81. The lowest BCUT2D eigenvalue weighted by atomic mass is 9.78. The number of methoxy groups -OCH3 is 1. The molecule has 2 heterocycles. The zero-order chi connectivity index (χ0) is 25.8. The monoisotopic (exact) mass is 492 g/mol. The Morgan fingerprint density at radius 3 is 2.31 bits per heavy atom. The number of ether oxygens (including phenoxy) is 3. The van der Waals surface area contributed by atoms with Crippen LogP contribution in [0.5, 0.6) is 0 Å². The van der Waals surface area contributed by atoms with E-state index in [0.29, 0.717) is 25.7 Å². The molecule has 2 aliphatic rings. The molecule has 8 heteroatoms. The molecule has 0 saturated carbocycles. The summed E-state index contributed by atoms with van der Waals surface area (Å²) >= 11 is 0. The number of carbonyl (C=O) groups is 1. The number of hydrogen-bond acceptors (Lipinski definition) is 8. The van der Waals surface area contributed by atoms with Gasteiger partial charge in [0.2, 0.25) is 5.79 Å². The summed E-state index contributed by atoms with van der Waals surface area (Å²) in [5.41, 5.74) is 0.817. The van der Waals surface area contributed by atoms with Gasteiger partial charge in [0.1, 0.15) is 18.1 Å². The Morgan fingerprint density at radius 2 is 1.66 bits per heavy atom. The zero-order valence-electron chi connectivity index (χ0n) is 21.0. The molecule has 0 spiro atoms. The molecule has 1 aromatic carbocycles. The largest absolute Gasteiger partial charge is 0.457 e. The van der Waals surface area contributed by atoms with Crippen molar-refractivity contribution in [3.8, 4) is 0 Å². The van der Waals surface area contributed by atoms with E-state index in [1.54, 1.807) is 13.0 Å². The van der Waals surface area contributed by atoms with E-state index in [1.165, 1.54) is 20.1 Å². The van der Waals surface area contributed by atoms with Gasteiger partial charge in [0.25, 0.3) is 0 Å². The summed E-state index contributed by atoms with van der Waals surface area (Å²) in [7, 11) is 1.35. The van der Waals surface area contributed by atoms with E-state index in [1.807, 2.05) is 37.3 Å². The maximum Gasteiger partial charge on any atom is 0.314 e. The van der Waals surface area contributed by atoms with Crippen LogP contribution < -0.4 is 0 Å². The van der Waals surface area contributed by atoms with E-state index in [4.69, 9.17) is 14.2 Å². The molecule has 1 fully saturated rings. The van der Waals surface area contributed by atoms with Crippen LogP contribution in [0.15, 0.2) is 42.5 Å². The number of rotatable bonds is 2. The van der Waals surface area contributed by atoms with Gasteiger partial charge in [0.15, 0.2) is 0 Å². The van der Waals surface area contributed by atoms with E-state index < -0.39 is 60.2 Å². The minimum atomic E-state index is -2.14. The van der Waals surface area contributed by atoms with Gasteiger partial charge in [-0.05, 0) is 31.7 Å². The fourth-order valence-electron chi connectivity index (χ4n) is 5.10. The van der Waals surface area contributed by atoms with Gasteiger partial charge in [-0.15, -0.1) is 0 Å². The normalized spacial score (nSPS) is 42.7. The lowest BCUT2D eigenvalue weighted by Crippen LogP contribution is -2.66. The van der Waals surface area contributed by atoms with Gasteiger partial charge in [-0.25, -0.2) is 0 Å². The third kappa shape index (κ3) is 6.13. The van der Waals surface area contributed by atoms with Crippen molar-refractivity contribution in [2.75, 3.05) is 7.11 Å². The van der Waals surface area contributed by atoms with Crippen molar-refractivity contribution in [1.82, 2.24) is 0 Å². The van der Waals surface area contributed by atoms with Crippen molar-refractivity contribution in [1.29, 1.82) is 0 Å². The molecule has 4 N–H and O–H groups in total. The average molecular weight is 493 g/mol. The van der Waals surface area contributed by atoms with Crippen LogP contribution in [-0.4, -0.2) is 69.8 Å². The van der Waals surface area contributed by atoms with E-state index in [2.05, 4.69) is 0 Å². The second kappa shape index (κ2) is 12.0. The molecular weight excluding hydrogens is 452 g/mol. The van der Waals surface area contributed by atoms with Crippen LogP contribution in [0.3, 0.4) is 0 Å². The number of cyclic esters (lactones) is 1. The summed E-state index contributed by atoms with van der Waals surface area (Å²) in [6.07, 6.45) is -0.0935. The van der Waals surface area contributed by atoms with Gasteiger partial charge in [-0.3, -0.25) is 4.79 Å². The van der Waals surface area contributed by atoms with E-state index in [0.717, 1.165) is 5.56 Å². The SMILES string of the molecule is CO[C@@H]1[C@@H](O)[C@H](C)[C@H]2O[C@@]1(O)[C@H](C)C(=O)O[C@H](c1ccccc1)CCCC[C@H](O)[C@H](O)/C=C/[C@@H]2C. The molecule has 0 radical (unpaired) electrons. The number of hydrogen-bond donors (Lipinski definition) is 4. The average Bonchev–Trinajstić information content (AvgIpc) is 2.85. The number of aliphatic hydroxyl groups is 4. The second-order valence-corrected chi connectivity index (χ2v) is 9.98. The lowest BCUT2D eigenvalue weighted by molar-refractivity contribution is -0.360. The van der Waals surface area contributed by atoms with Crippen LogP contribution in [-0.2, 0) is 19.0 Å². The maximum atomic E-state index is 13.3. The van der Waals surface area contributed by atoms with E-state index in [9.17, 15) is 25.2 Å². The third-order valence-corrected chi connectivity index (χ3v) is 7.50. The zero-order valence-corrected chi connectivity index (χ0v) is 21.0. The highest BCUT2D eigenvalue weighted by Crippen LogP contribution is 2.41. The third-order valence-electron chi connectivity index (χ3n) is 7.50. The van der Waals surface area contributed by atoms with Gasteiger partial charge in [-0.1, -0.05) is 62.8 Å². The first-order valence-corrected chi connectivity index (χ1v) is 12.5. The van der Waals surface area contributed by atoms with Crippen LogP contribution in [0.2, 0.25) is 0 Å². The van der Waals surface area contributed by atoms with E-state index in [-0.39, 0.29) is 5.92 Å². The fourth-order valence-corrected chi connectivity index (χ4v) is 5.10. The molecule has 8 nitrogen and oxygen atoms in total. The van der Waals surface area contributed by atoms with Gasteiger partial charge in [0.05, 0.1) is 24.4 Å². The van der Waals surface area contributed by atoms with Crippen LogP contribution in [0, 0.1) is 17.8 Å². The summed E-state index contributed by atoms with van der Waals surface area (Å²) in [4.78, 5) is 13.3. The molecule has 1 saturated heterocycles. The Morgan fingerprint density at radius 1 is 1.00 bits per heavy atom. The fraction of sp³-hybridized carbons (Fsp3) is 0.667. The first kappa shape index (κ1) is 27.8. The van der Waals surface area contributed by atoms with Crippen molar-refractivity contribution < 1.29 is 39.4 Å². The molecule has 35 heavy (non-hydrogen) atoms. The second-order valence-electron chi connectivity index (χ2n) is 9.98. The van der Waals surface area contributed by atoms with Crippen LogP contribution in [0.25, 0.3) is 0 Å². The first-order chi connectivity index (χ1) is 16.6. The number of aliphatic hydroxyl groups excluding tert-OH is 3. The summed E-state index contributed by atoms with van der Waals surface area (Å²) in [6.45, 7) is 5.12. The van der Waals surface area contributed by atoms with Crippen molar-refractivity contribution >= 4 is 5.97 Å². The summed E-state index contributed by atoms with van der Waals surface area (Å²) in [5, 5.41) is 43.5. The molecule has 196 valence electrons. The standard InChI is InChI=1S/C27H40O8/c1-16-14-15-21(29)20(28)12-8-9-13-22(19-10-6-5-7-11-19)34-26(31)18(3)27(32)25(33-4)23(30)17(2)24(16)35-27/h5-7,10-11,14-18,20-25,28-30,32H,8-9,12-13H2,1-4H3/b15-14+/t16-,17-,18+,20-,21+,22-,23-,24-,25+,27-/m0/s1. The Labute approximate surface area is 207 Å². The number of esters is 1. The highest BCUT2D eigenvalue weighted by Gasteiger charge is 2.58. The molecule has 2 bridgehead atoms. The quantitative estimate of drug-likeness (QED) is 0.367. The van der Waals surface area contributed by atoms with Gasteiger partial charge in [-0.2, -0.15) is 0 Å². The minimum absolute atomic E-state index is 0.348. The molecule has 0 aliphatic carbocycles. The maximum absolute atomic E-state index is 13.3. The molecule has 10 atom stereocenters. The lowest BCUT2D eigenvalue weighted by Gasteiger charge is -2.51. The number of fused-ring (bicyclic) bond motifs is 2. The molecular formula is C27H40O8. The van der Waals surface area contributed by atoms with Gasteiger partial charge in [0, 0.05) is 18.9 Å². The Kier molecular flexibility index (Phi) is 9.48. The van der Waals surface area contributed by atoms with Crippen LogP contribution in [0.1, 0.15) is 58.1 Å². The molecule has 0 aromatic heterocycles. The molecule has 0 unspecified atom stereocenters. The predicted octanol–water partition coefficient (Wildman–Crippen LogP) is 2.49. The van der Waals surface area contributed by atoms with Crippen molar-refractivity contribution in [2.24, 2.45) is 17.8 Å². The first-order valence-electron chi connectivity index (χ1n) is 12.5. The Balaban J connectivity index is 1.98. The van der Waals surface area contributed by atoms with Crippen LogP contribution in [0.4, 0.5) is 0 Å². The van der Waals surface area contributed by atoms with Crippen LogP contribution >= 0.6 is 0 Å². The Bertz CT molecular complexity index is 845. The van der Waals surface area contributed by atoms with Gasteiger partial charge >= 0.3 is 5.97 Å². The highest BCUT2D eigenvalue weighted by atomic mass is 16.7. The number of benzene rings is 1. The predicted molar refractivity (Wildman–Crippen MR) is 129 cm³/mol. The van der Waals surface area contributed by atoms with Crippen molar-refractivity contribution in [3.05, 3.63) is 48.0 Å².